The third kappa shape index (κ3) is 3.65. The second-order valence-electron chi connectivity index (χ2n) is 6.26. The van der Waals surface area contributed by atoms with E-state index in [0.29, 0.717) is 0 Å². The Hall–Kier alpha value is -1.88. The third-order valence-corrected chi connectivity index (χ3v) is 4.36. The molecule has 1 saturated carbocycles. The van der Waals surface area contributed by atoms with Crippen LogP contribution in [0, 0.1) is 5.92 Å². The van der Waals surface area contributed by atoms with Crippen LogP contribution in [-0.2, 0) is 9.59 Å². The van der Waals surface area contributed by atoms with Crippen molar-refractivity contribution < 1.29 is 9.59 Å². The van der Waals surface area contributed by atoms with E-state index in [0.717, 1.165) is 43.5 Å². The molecule has 2 fully saturated rings. The lowest BCUT2D eigenvalue weighted by Crippen LogP contribution is -2.41. The highest BCUT2D eigenvalue weighted by Gasteiger charge is 2.29. The molecule has 1 heterocycles. The second kappa shape index (κ2) is 6.48. The predicted octanol–water partition coefficient (Wildman–Crippen LogP) is 1.96. The van der Waals surface area contributed by atoms with E-state index >= 15 is 0 Å². The topological polar surface area (TPSA) is 70.2 Å². The van der Waals surface area contributed by atoms with E-state index < -0.39 is 0 Å². The second-order valence-corrected chi connectivity index (χ2v) is 6.26. The lowest BCUT2D eigenvalue weighted by Gasteiger charge is -2.18. The van der Waals surface area contributed by atoms with Crippen LogP contribution in [0.25, 0.3) is 0 Å². The fraction of sp³-hybridized carbons (Fsp3) is 0.529. The van der Waals surface area contributed by atoms with Crippen LogP contribution in [0.4, 0.5) is 5.69 Å². The summed E-state index contributed by atoms with van der Waals surface area (Å²) in [6.45, 7) is 2.90. The molecule has 0 spiro atoms. The molecule has 2 aliphatic rings. The van der Waals surface area contributed by atoms with Gasteiger partial charge in [0.25, 0.3) is 0 Å². The van der Waals surface area contributed by atoms with Gasteiger partial charge in [-0.1, -0.05) is 12.1 Å². The van der Waals surface area contributed by atoms with Crippen molar-refractivity contribution in [2.75, 3.05) is 11.9 Å². The minimum absolute atomic E-state index is 0.0388. The van der Waals surface area contributed by atoms with Gasteiger partial charge in [-0.05, 0) is 56.8 Å². The monoisotopic (exact) mass is 301 g/mol. The highest BCUT2D eigenvalue weighted by molar-refractivity contribution is 5.94. The van der Waals surface area contributed by atoms with E-state index in [1.807, 2.05) is 31.2 Å². The number of carbonyl (C=O) groups is 2. The SMILES string of the molecule is CC(NC(=O)C1CCCN1)c1ccc(NC(=O)C2CC2)cc1. The van der Waals surface area contributed by atoms with Crippen LogP contribution >= 0.6 is 0 Å². The minimum Gasteiger partial charge on any atom is -0.348 e. The van der Waals surface area contributed by atoms with Gasteiger partial charge in [0.05, 0.1) is 12.1 Å². The van der Waals surface area contributed by atoms with Gasteiger partial charge in [0.1, 0.15) is 0 Å². The molecule has 1 saturated heterocycles. The van der Waals surface area contributed by atoms with Crippen molar-refractivity contribution in [1.82, 2.24) is 10.6 Å². The molecule has 2 unspecified atom stereocenters. The van der Waals surface area contributed by atoms with Crippen molar-refractivity contribution in [3.8, 4) is 0 Å². The fourth-order valence-corrected chi connectivity index (χ4v) is 2.75. The quantitative estimate of drug-likeness (QED) is 0.778. The Morgan fingerprint density at radius 2 is 1.86 bits per heavy atom. The first-order valence-corrected chi connectivity index (χ1v) is 8.08. The van der Waals surface area contributed by atoms with Crippen molar-refractivity contribution >= 4 is 17.5 Å². The van der Waals surface area contributed by atoms with Gasteiger partial charge in [-0.25, -0.2) is 0 Å². The first kappa shape index (κ1) is 15.0. The van der Waals surface area contributed by atoms with Crippen LogP contribution < -0.4 is 16.0 Å². The standard InChI is InChI=1S/C17H23N3O2/c1-11(19-17(22)15-3-2-10-18-15)12-6-8-14(9-7-12)20-16(21)13-4-5-13/h6-9,11,13,15,18H,2-5,10H2,1H3,(H,19,22)(H,20,21). The highest BCUT2D eigenvalue weighted by Crippen LogP contribution is 2.30. The number of amides is 2. The molecular weight excluding hydrogens is 278 g/mol. The molecule has 2 amide bonds. The number of hydrogen-bond acceptors (Lipinski definition) is 3. The zero-order chi connectivity index (χ0) is 15.5. The van der Waals surface area contributed by atoms with Crippen molar-refractivity contribution in [2.45, 2.75) is 44.7 Å². The summed E-state index contributed by atoms with van der Waals surface area (Å²) in [5.41, 5.74) is 1.85. The molecule has 0 aromatic heterocycles. The van der Waals surface area contributed by atoms with Gasteiger partial charge >= 0.3 is 0 Å². The van der Waals surface area contributed by atoms with E-state index in [4.69, 9.17) is 0 Å². The molecule has 1 aromatic rings. The van der Waals surface area contributed by atoms with Crippen LogP contribution in [0.2, 0.25) is 0 Å². The van der Waals surface area contributed by atoms with Crippen LogP contribution in [-0.4, -0.2) is 24.4 Å². The maximum absolute atomic E-state index is 12.1. The van der Waals surface area contributed by atoms with Gasteiger partial charge in [0.2, 0.25) is 11.8 Å². The summed E-state index contributed by atoms with van der Waals surface area (Å²) < 4.78 is 0. The van der Waals surface area contributed by atoms with E-state index in [2.05, 4.69) is 16.0 Å². The molecule has 5 nitrogen and oxygen atoms in total. The summed E-state index contributed by atoms with van der Waals surface area (Å²) in [6, 6.07) is 7.60. The van der Waals surface area contributed by atoms with E-state index in [1.165, 1.54) is 0 Å². The van der Waals surface area contributed by atoms with Crippen LogP contribution in [0.15, 0.2) is 24.3 Å². The van der Waals surface area contributed by atoms with Crippen molar-refractivity contribution in [3.63, 3.8) is 0 Å². The zero-order valence-electron chi connectivity index (χ0n) is 12.9. The average Bonchev–Trinajstić information content (AvgIpc) is 3.22. The maximum atomic E-state index is 12.1. The number of benzene rings is 1. The fourth-order valence-electron chi connectivity index (χ4n) is 2.75. The largest absolute Gasteiger partial charge is 0.348 e. The Morgan fingerprint density at radius 1 is 1.14 bits per heavy atom. The lowest BCUT2D eigenvalue weighted by atomic mass is 10.1. The van der Waals surface area contributed by atoms with E-state index in [1.54, 1.807) is 0 Å². The summed E-state index contributed by atoms with van der Waals surface area (Å²) in [6.07, 6.45) is 3.97. The Bertz CT molecular complexity index is 546. The number of rotatable bonds is 5. The molecular formula is C17H23N3O2. The van der Waals surface area contributed by atoms with E-state index in [9.17, 15) is 9.59 Å². The average molecular weight is 301 g/mol. The van der Waals surface area contributed by atoms with Crippen LogP contribution in [0.1, 0.15) is 44.2 Å². The minimum atomic E-state index is -0.0560. The Kier molecular flexibility index (Phi) is 4.43. The first-order valence-electron chi connectivity index (χ1n) is 8.08. The van der Waals surface area contributed by atoms with Gasteiger partial charge in [0, 0.05) is 11.6 Å². The lowest BCUT2D eigenvalue weighted by molar-refractivity contribution is -0.123. The molecule has 0 bridgehead atoms. The Morgan fingerprint density at radius 3 is 2.45 bits per heavy atom. The van der Waals surface area contributed by atoms with Crippen LogP contribution in [0.3, 0.4) is 0 Å². The molecule has 3 rings (SSSR count). The molecule has 2 atom stereocenters. The van der Waals surface area contributed by atoms with Gasteiger partial charge in [0.15, 0.2) is 0 Å². The molecule has 1 aliphatic carbocycles. The van der Waals surface area contributed by atoms with Crippen molar-refractivity contribution in [2.24, 2.45) is 5.92 Å². The highest BCUT2D eigenvalue weighted by atomic mass is 16.2. The molecule has 0 radical (unpaired) electrons. The number of hydrogen-bond donors (Lipinski definition) is 3. The number of anilines is 1. The Labute approximate surface area is 130 Å². The molecule has 1 aliphatic heterocycles. The molecule has 118 valence electrons. The summed E-state index contributed by atoms with van der Waals surface area (Å²) >= 11 is 0. The zero-order valence-corrected chi connectivity index (χ0v) is 12.9. The smallest absolute Gasteiger partial charge is 0.237 e. The number of carbonyl (C=O) groups excluding carboxylic acids is 2. The molecule has 1 aromatic carbocycles. The van der Waals surface area contributed by atoms with E-state index in [-0.39, 0.29) is 29.8 Å². The third-order valence-electron chi connectivity index (χ3n) is 4.36. The van der Waals surface area contributed by atoms with Gasteiger partial charge in [-0.15, -0.1) is 0 Å². The van der Waals surface area contributed by atoms with Gasteiger partial charge in [-0.3, -0.25) is 9.59 Å². The predicted molar refractivity (Wildman–Crippen MR) is 85.4 cm³/mol. The summed E-state index contributed by atoms with van der Waals surface area (Å²) in [5.74, 6) is 0.384. The van der Waals surface area contributed by atoms with Crippen molar-refractivity contribution in [3.05, 3.63) is 29.8 Å². The first-order chi connectivity index (χ1) is 10.6. The molecule has 5 heteroatoms. The summed E-state index contributed by atoms with van der Waals surface area (Å²) in [7, 11) is 0. The van der Waals surface area contributed by atoms with Gasteiger partial charge in [-0.2, -0.15) is 0 Å². The molecule has 3 N–H and O–H groups in total. The molecule has 22 heavy (non-hydrogen) atoms. The number of nitrogens with one attached hydrogen (secondary N) is 3. The summed E-state index contributed by atoms with van der Waals surface area (Å²) in [4.78, 5) is 23.8. The normalized spacial score (nSPS) is 22.1. The maximum Gasteiger partial charge on any atom is 0.237 e. The van der Waals surface area contributed by atoms with Crippen molar-refractivity contribution in [1.29, 1.82) is 0 Å². The van der Waals surface area contributed by atoms with Crippen LogP contribution in [0.5, 0.6) is 0 Å². The summed E-state index contributed by atoms with van der Waals surface area (Å²) in [5, 5.41) is 9.16. The van der Waals surface area contributed by atoms with Gasteiger partial charge < -0.3 is 16.0 Å². The Balaban J connectivity index is 1.54.